The number of rotatable bonds is 6. The van der Waals surface area contributed by atoms with Crippen molar-refractivity contribution in [2.45, 2.75) is 26.6 Å². The number of anilines is 1. The van der Waals surface area contributed by atoms with Gasteiger partial charge in [0.15, 0.2) is 0 Å². The molecule has 0 fully saturated rings. The van der Waals surface area contributed by atoms with E-state index in [-0.39, 0.29) is 12.5 Å². The Labute approximate surface area is 177 Å². The maximum atomic E-state index is 13.0. The van der Waals surface area contributed by atoms with Gasteiger partial charge in [-0.05, 0) is 43.7 Å². The van der Waals surface area contributed by atoms with Gasteiger partial charge in [0.1, 0.15) is 11.5 Å². The largest absolute Gasteiger partial charge is 0.497 e. The molecule has 0 radical (unpaired) electrons. The van der Waals surface area contributed by atoms with Crippen molar-refractivity contribution in [3.05, 3.63) is 70.5 Å². The summed E-state index contributed by atoms with van der Waals surface area (Å²) in [4.78, 5) is 12.8. The number of hydrogen-bond acceptors (Lipinski definition) is 4. The Morgan fingerprint density at radius 1 is 1.06 bits per heavy atom. The van der Waals surface area contributed by atoms with Crippen molar-refractivity contribution in [1.29, 1.82) is 0 Å². The third kappa shape index (κ3) is 4.99. The summed E-state index contributed by atoms with van der Waals surface area (Å²) in [6, 6.07) is 9.90. The van der Waals surface area contributed by atoms with Gasteiger partial charge in [0.2, 0.25) is 0 Å². The molecule has 6 nitrogen and oxygen atoms in total. The van der Waals surface area contributed by atoms with Crippen LogP contribution in [-0.2, 0) is 12.7 Å². The molecule has 1 amide bonds. The zero-order valence-electron chi connectivity index (χ0n) is 17.5. The fraction of sp³-hybridized carbons (Fsp3) is 0.273. The van der Waals surface area contributed by atoms with Crippen molar-refractivity contribution < 1.29 is 27.4 Å². The average molecular weight is 433 g/mol. The van der Waals surface area contributed by atoms with Crippen molar-refractivity contribution in [2.75, 3.05) is 19.5 Å². The highest BCUT2D eigenvalue weighted by molar-refractivity contribution is 6.05. The number of carbonyl (C=O) groups is 1. The van der Waals surface area contributed by atoms with E-state index in [1.165, 1.54) is 20.3 Å². The fourth-order valence-corrected chi connectivity index (χ4v) is 3.17. The predicted octanol–water partition coefficient (Wildman–Crippen LogP) is 4.84. The van der Waals surface area contributed by atoms with E-state index < -0.39 is 11.7 Å². The molecule has 3 rings (SSSR count). The van der Waals surface area contributed by atoms with Gasteiger partial charge in [-0.1, -0.05) is 12.1 Å². The van der Waals surface area contributed by atoms with Crippen LogP contribution in [0.4, 0.5) is 18.9 Å². The number of nitrogens with zero attached hydrogens (tertiary/aromatic N) is 2. The summed E-state index contributed by atoms with van der Waals surface area (Å²) in [5.41, 5.74) is 1.74. The lowest BCUT2D eigenvalue weighted by atomic mass is 10.1. The molecule has 3 aromatic rings. The van der Waals surface area contributed by atoms with Gasteiger partial charge in [-0.15, -0.1) is 0 Å². The maximum Gasteiger partial charge on any atom is 0.416 e. The number of benzene rings is 2. The molecule has 0 spiro atoms. The topological polar surface area (TPSA) is 65.4 Å². The van der Waals surface area contributed by atoms with E-state index in [9.17, 15) is 18.0 Å². The van der Waals surface area contributed by atoms with Gasteiger partial charge < -0.3 is 14.8 Å². The van der Waals surface area contributed by atoms with Gasteiger partial charge in [0.25, 0.3) is 5.91 Å². The van der Waals surface area contributed by atoms with E-state index in [1.54, 1.807) is 42.8 Å². The van der Waals surface area contributed by atoms with Crippen molar-refractivity contribution in [2.24, 2.45) is 0 Å². The first kappa shape index (κ1) is 22.2. The molecule has 1 heterocycles. The van der Waals surface area contributed by atoms with Crippen LogP contribution in [0.5, 0.6) is 11.5 Å². The number of carbonyl (C=O) groups excluding carboxylic acids is 1. The third-order valence-electron chi connectivity index (χ3n) is 4.82. The second kappa shape index (κ2) is 8.71. The summed E-state index contributed by atoms with van der Waals surface area (Å²) in [5.74, 6) is 0.554. The molecule has 0 saturated carbocycles. The Morgan fingerprint density at radius 3 is 2.29 bits per heavy atom. The number of aromatic nitrogens is 2. The molecule has 0 atom stereocenters. The summed E-state index contributed by atoms with van der Waals surface area (Å²) in [6.45, 7) is 3.60. The standard InChI is InChI=1S/C22H22F3N3O3/c1-13-20(26-21(29)16-9-18(30-3)11-19(10-16)31-4)14(2)28(27-13)12-15-6-5-7-17(8-15)22(23,24)25/h5-11H,12H2,1-4H3,(H,26,29). The van der Waals surface area contributed by atoms with Crippen LogP contribution in [0.2, 0.25) is 0 Å². The van der Waals surface area contributed by atoms with Crippen LogP contribution in [0.15, 0.2) is 42.5 Å². The quantitative estimate of drug-likeness (QED) is 0.604. The highest BCUT2D eigenvalue weighted by Gasteiger charge is 2.30. The molecule has 2 aromatic carbocycles. The highest BCUT2D eigenvalue weighted by Crippen LogP contribution is 2.30. The molecule has 0 aliphatic carbocycles. The van der Waals surface area contributed by atoms with Crippen molar-refractivity contribution >= 4 is 11.6 Å². The minimum atomic E-state index is -4.41. The third-order valence-corrected chi connectivity index (χ3v) is 4.82. The van der Waals surface area contributed by atoms with E-state index in [4.69, 9.17) is 9.47 Å². The number of hydrogen-bond donors (Lipinski definition) is 1. The molecule has 1 N–H and O–H groups in total. The summed E-state index contributed by atoms with van der Waals surface area (Å²) >= 11 is 0. The Bertz CT molecular complexity index is 1080. The molecule has 31 heavy (non-hydrogen) atoms. The Hall–Kier alpha value is -3.49. The van der Waals surface area contributed by atoms with Crippen LogP contribution >= 0.6 is 0 Å². The number of ether oxygens (including phenoxy) is 2. The van der Waals surface area contributed by atoms with Crippen molar-refractivity contribution in [3.8, 4) is 11.5 Å². The Balaban J connectivity index is 1.85. The van der Waals surface area contributed by atoms with Crippen LogP contribution < -0.4 is 14.8 Å². The zero-order valence-corrected chi connectivity index (χ0v) is 17.5. The van der Waals surface area contributed by atoms with Gasteiger partial charge in [0, 0.05) is 11.6 Å². The lowest BCUT2D eigenvalue weighted by Gasteiger charge is -2.11. The van der Waals surface area contributed by atoms with Crippen LogP contribution in [0.1, 0.15) is 32.9 Å². The second-order valence-electron chi connectivity index (χ2n) is 6.96. The molecular weight excluding hydrogens is 411 g/mol. The maximum absolute atomic E-state index is 13.0. The van der Waals surface area contributed by atoms with Crippen molar-refractivity contribution in [1.82, 2.24) is 9.78 Å². The minimum Gasteiger partial charge on any atom is -0.497 e. The van der Waals surface area contributed by atoms with Gasteiger partial charge in [0.05, 0.1) is 43.4 Å². The normalized spacial score (nSPS) is 11.3. The zero-order chi connectivity index (χ0) is 22.8. The van der Waals surface area contributed by atoms with Crippen LogP contribution in [0.3, 0.4) is 0 Å². The molecule has 0 aliphatic rings. The van der Waals surface area contributed by atoms with Crippen molar-refractivity contribution in [3.63, 3.8) is 0 Å². The number of amides is 1. The summed E-state index contributed by atoms with van der Waals surface area (Å²) in [5, 5.41) is 7.21. The Morgan fingerprint density at radius 2 is 1.71 bits per heavy atom. The Kier molecular flexibility index (Phi) is 6.24. The number of aryl methyl sites for hydroxylation is 1. The first-order valence-electron chi connectivity index (χ1n) is 9.37. The number of alkyl halides is 3. The first-order valence-corrected chi connectivity index (χ1v) is 9.37. The monoisotopic (exact) mass is 433 g/mol. The van der Waals surface area contributed by atoms with E-state index in [1.807, 2.05) is 0 Å². The van der Waals surface area contributed by atoms with Gasteiger partial charge in [-0.25, -0.2) is 0 Å². The van der Waals surface area contributed by atoms with E-state index >= 15 is 0 Å². The fourth-order valence-electron chi connectivity index (χ4n) is 3.17. The molecule has 9 heteroatoms. The predicted molar refractivity (Wildman–Crippen MR) is 110 cm³/mol. The van der Waals surface area contributed by atoms with Crippen LogP contribution in [-0.4, -0.2) is 29.9 Å². The van der Waals surface area contributed by atoms with E-state index in [2.05, 4.69) is 10.4 Å². The van der Waals surface area contributed by atoms with Gasteiger partial charge >= 0.3 is 6.18 Å². The smallest absolute Gasteiger partial charge is 0.416 e. The summed E-state index contributed by atoms with van der Waals surface area (Å²) < 4.78 is 50.9. The number of methoxy groups -OCH3 is 2. The van der Waals surface area contributed by atoms with Gasteiger partial charge in [-0.3, -0.25) is 9.48 Å². The molecule has 164 valence electrons. The van der Waals surface area contributed by atoms with Gasteiger partial charge in [-0.2, -0.15) is 18.3 Å². The highest BCUT2D eigenvalue weighted by atomic mass is 19.4. The van der Waals surface area contributed by atoms with E-state index in [0.29, 0.717) is 39.7 Å². The molecule has 1 aromatic heterocycles. The molecule has 0 saturated heterocycles. The molecule has 0 unspecified atom stereocenters. The average Bonchev–Trinajstić information content (AvgIpc) is 3.00. The summed E-state index contributed by atoms with van der Waals surface area (Å²) in [7, 11) is 2.98. The number of halogens is 3. The second-order valence-corrected chi connectivity index (χ2v) is 6.96. The lowest BCUT2D eigenvalue weighted by Crippen LogP contribution is -2.14. The van der Waals surface area contributed by atoms with Crippen LogP contribution in [0.25, 0.3) is 0 Å². The number of nitrogens with one attached hydrogen (secondary N) is 1. The first-order chi connectivity index (χ1) is 14.6. The minimum absolute atomic E-state index is 0.138. The van der Waals surface area contributed by atoms with E-state index in [0.717, 1.165) is 12.1 Å². The molecular formula is C22H22F3N3O3. The molecule has 0 bridgehead atoms. The van der Waals surface area contributed by atoms with Crippen LogP contribution in [0, 0.1) is 13.8 Å². The lowest BCUT2D eigenvalue weighted by molar-refractivity contribution is -0.137. The molecule has 0 aliphatic heterocycles. The SMILES string of the molecule is COc1cc(OC)cc(C(=O)Nc2c(C)nn(Cc3cccc(C(F)(F)F)c3)c2C)c1. The summed E-state index contributed by atoms with van der Waals surface area (Å²) in [6.07, 6.45) is -4.41.